The van der Waals surface area contributed by atoms with E-state index in [1.165, 1.54) is 18.2 Å². The lowest BCUT2D eigenvalue weighted by Gasteiger charge is -2.08. The second kappa shape index (κ2) is 6.08. The molecule has 20 heavy (non-hydrogen) atoms. The van der Waals surface area contributed by atoms with Gasteiger partial charge in [-0.1, -0.05) is 29.8 Å². The highest BCUT2D eigenvalue weighted by atomic mass is 35.5. The second-order valence-corrected chi connectivity index (χ2v) is 4.29. The van der Waals surface area contributed by atoms with Crippen LogP contribution in [0.2, 0.25) is 5.02 Å². The Hall–Kier alpha value is -2.53. The highest BCUT2D eigenvalue weighted by molar-refractivity contribution is 6.34. The van der Waals surface area contributed by atoms with E-state index in [0.29, 0.717) is 11.4 Å². The number of halogens is 1. The lowest BCUT2D eigenvalue weighted by molar-refractivity contribution is 0.100. The van der Waals surface area contributed by atoms with Gasteiger partial charge in [0.2, 0.25) is 5.91 Å². The van der Waals surface area contributed by atoms with Gasteiger partial charge in [-0.15, -0.1) is 0 Å². The third-order valence-corrected chi connectivity index (χ3v) is 2.75. The first-order valence-corrected chi connectivity index (χ1v) is 6.07. The molecule has 0 aliphatic heterocycles. The molecule has 0 spiro atoms. The van der Waals surface area contributed by atoms with Crippen LogP contribution in [0.15, 0.2) is 48.5 Å². The monoisotopic (exact) mass is 290 g/mol. The van der Waals surface area contributed by atoms with Crippen molar-refractivity contribution in [1.82, 2.24) is 0 Å². The van der Waals surface area contributed by atoms with Gasteiger partial charge in [0, 0.05) is 5.69 Å². The number of ether oxygens (including phenoxy) is 1. The fraction of sp³-hybridized carbons (Fsp3) is 0. The van der Waals surface area contributed by atoms with Crippen LogP contribution in [0.3, 0.4) is 0 Å². The number of carbonyl (C=O) groups excluding carboxylic acids is 2. The lowest BCUT2D eigenvalue weighted by Crippen LogP contribution is -2.17. The van der Waals surface area contributed by atoms with E-state index < -0.39 is 12.0 Å². The van der Waals surface area contributed by atoms with Gasteiger partial charge in [-0.25, -0.2) is 4.79 Å². The van der Waals surface area contributed by atoms with Crippen LogP contribution < -0.4 is 15.8 Å². The number of hydrogen-bond donors (Lipinski definition) is 2. The minimum Gasteiger partial charge on any atom is -0.410 e. The van der Waals surface area contributed by atoms with Gasteiger partial charge in [0.25, 0.3) is 0 Å². The number of para-hydroxylation sites is 1. The molecular weight excluding hydrogens is 280 g/mol. The summed E-state index contributed by atoms with van der Waals surface area (Å²) in [4.78, 5) is 22.7. The number of nitrogens with two attached hydrogens (primary N) is 1. The molecule has 5 nitrogen and oxygen atoms in total. The molecule has 2 aromatic rings. The zero-order valence-corrected chi connectivity index (χ0v) is 11.1. The molecule has 3 N–H and O–H groups in total. The van der Waals surface area contributed by atoms with Crippen LogP contribution in [0.4, 0.5) is 10.5 Å². The first-order chi connectivity index (χ1) is 9.56. The van der Waals surface area contributed by atoms with Gasteiger partial charge in [-0.05, 0) is 30.3 Å². The topological polar surface area (TPSA) is 81.4 Å². The zero-order valence-electron chi connectivity index (χ0n) is 10.3. The summed E-state index contributed by atoms with van der Waals surface area (Å²) in [5.74, 6) is -0.210. The molecule has 0 atom stereocenters. The average molecular weight is 291 g/mol. The van der Waals surface area contributed by atoms with Crippen molar-refractivity contribution >= 4 is 29.3 Å². The number of rotatable bonds is 3. The van der Waals surface area contributed by atoms with Gasteiger partial charge in [-0.3, -0.25) is 10.1 Å². The quantitative estimate of drug-likeness (QED) is 0.911. The van der Waals surface area contributed by atoms with Crippen LogP contribution in [0.1, 0.15) is 10.4 Å². The van der Waals surface area contributed by atoms with E-state index in [9.17, 15) is 9.59 Å². The summed E-state index contributed by atoms with van der Waals surface area (Å²) in [6.45, 7) is 0. The Morgan fingerprint density at radius 3 is 2.40 bits per heavy atom. The second-order valence-electron chi connectivity index (χ2n) is 3.89. The minimum absolute atomic E-state index is 0.162. The molecule has 0 saturated carbocycles. The van der Waals surface area contributed by atoms with E-state index >= 15 is 0 Å². The molecule has 0 aliphatic carbocycles. The van der Waals surface area contributed by atoms with E-state index in [1.807, 2.05) is 6.07 Å². The number of amides is 2. The van der Waals surface area contributed by atoms with Crippen LogP contribution in [0.25, 0.3) is 0 Å². The van der Waals surface area contributed by atoms with Crippen molar-refractivity contribution in [1.29, 1.82) is 0 Å². The van der Waals surface area contributed by atoms with E-state index in [2.05, 4.69) is 5.32 Å². The third kappa shape index (κ3) is 3.49. The maximum Gasteiger partial charge on any atom is 0.417 e. The van der Waals surface area contributed by atoms with E-state index in [-0.39, 0.29) is 10.6 Å². The smallest absolute Gasteiger partial charge is 0.410 e. The van der Waals surface area contributed by atoms with Gasteiger partial charge in [0.1, 0.15) is 5.75 Å². The van der Waals surface area contributed by atoms with E-state index in [1.54, 1.807) is 24.3 Å². The molecule has 0 aliphatic rings. The summed E-state index contributed by atoms with van der Waals surface area (Å²) >= 11 is 5.88. The van der Waals surface area contributed by atoms with Crippen LogP contribution >= 0.6 is 11.6 Å². The van der Waals surface area contributed by atoms with E-state index in [0.717, 1.165) is 0 Å². The van der Waals surface area contributed by atoms with Crippen molar-refractivity contribution in [3.8, 4) is 5.75 Å². The SMILES string of the molecule is NC(=O)c1ccc(NC(=O)Oc2ccccc2)cc1Cl. The minimum atomic E-state index is -0.654. The molecule has 0 fully saturated rings. The van der Waals surface area contributed by atoms with Gasteiger partial charge >= 0.3 is 6.09 Å². The van der Waals surface area contributed by atoms with Crippen molar-refractivity contribution in [3.63, 3.8) is 0 Å². The fourth-order valence-electron chi connectivity index (χ4n) is 1.53. The Labute approximate surface area is 120 Å². The van der Waals surface area contributed by atoms with Crippen molar-refractivity contribution in [3.05, 3.63) is 59.1 Å². The van der Waals surface area contributed by atoms with Gasteiger partial charge in [-0.2, -0.15) is 0 Å². The third-order valence-electron chi connectivity index (χ3n) is 2.43. The van der Waals surface area contributed by atoms with Crippen molar-refractivity contribution in [2.24, 2.45) is 5.73 Å². The first-order valence-electron chi connectivity index (χ1n) is 5.69. The van der Waals surface area contributed by atoms with Gasteiger partial charge in [0.05, 0.1) is 10.6 Å². The average Bonchev–Trinajstić information content (AvgIpc) is 2.39. The summed E-state index contributed by atoms with van der Waals surface area (Å²) < 4.78 is 5.05. The van der Waals surface area contributed by atoms with Gasteiger partial charge < -0.3 is 10.5 Å². The summed E-state index contributed by atoms with van der Waals surface area (Å²) in [5, 5.41) is 2.66. The maximum atomic E-state index is 11.6. The normalized spacial score (nSPS) is 9.85. The number of benzene rings is 2. The summed E-state index contributed by atoms with van der Waals surface area (Å²) in [7, 11) is 0. The Bertz CT molecular complexity index is 644. The fourth-order valence-corrected chi connectivity index (χ4v) is 1.81. The molecule has 0 saturated heterocycles. The molecular formula is C14H11ClN2O3. The molecule has 2 amide bonds. The molecule has 2 aromatic carbocycles. The van der Waals surface area contributed by atoms with Crippen molar-refractivity contribution in [2.75, 3.05) is 5.32 Å². The number of primary amides is 1. The molecule has 0 aromatic heterocycles. The largest absolute Gasteiger partial charge is 0.417 e. The predicted molar refractivity (Wildman–Crippen MR) is 76.1 cm³/mol. The first kappa shape index (κ1) is 13.9. The zero-order chi connectivity index (χ0) is 14.5. The molecule has 2 rings (SSSR count). The standard InChI is InChI=1S/C14H11ClN2O3/c15-12-8-9(6-7-11(12)13(16)18)17-14(19)20-10-4-2-1-3-5-10/h1-8H,(H2,16,18)(H,17,19). The number of hydrogen-bond acceptors (Lipinski definition) is 3. The number of anilines is 1. The highest BCUT2D eigenvalue weighted by Gasteiger charge is 2.09. The van der Waals surface area contributed by atoms with Crippen molar-refractivity contribution in [2.45, 2.75) is 0 Å². The van der Waals surface area contributed by atoms with Crippen LogP contribution in [-0.2, 0) is 0 Å². The Morgan fingerprint density at radius 2 is 1.80 bits per heavy atom. The van der Waals surface area contributed by atoms with Crippen LogP contribution in [0.5, 0.6) is 5.75 Å². The Balaban J connectivity index is 2.05. The summed E-state index contributed by atoms with van der Waals surface area (Å²) in [6.07, 6.45) is -0.654. The molecule has 0 heterocycles. The molecule has 0 radical (unpaired) electrons. The van der Waals surface area contributed by atoms with Crippen molar-refractivity contribution < 1.29 is 14.3 Å². The maximum absolute atomic E-state index is 11.6. The molecule has 0 unspecified atom stereocenters. The molecule has 102 valence electrons. The van der Waals surface area contributed by atoms with E-state index in [4.69, 9.17) is 22.1 Å². The van der Waals surface area contributed by atoms with Crippen LogP contribution in [0, 0.1) is 0 Å². The molecule has 6 heteroatoms. The molecule has 0 bridgehead atoms. The number of nitrogens with one attached hydrogen (secondary N) is 1. The highest BCUT2D eigenvalue weighted by Crippen LogP contribution is 2.21. The summed E-state index contributed by atoms with van der Waals surface area (Å²) in [5.41, 5.74) is 5.72. The predicted octanol–water partition coefficient (Wildman–Crippen LogP) is 3.05. The lowest BCUT2D eigenvalue weighted by atomic mass is 10.2. The number of carbonyl (C=O) groups is 2. The van der Waals surface area contributed by atoms with Gasteiger partial charge in [0.15, 0.2) is 0 Å². The Kier molecular flexibility index (Phi) is 4.22. The van der Waals surface area contributed by atoms with Crippen LogP contribution in [-0.4, -0.2) is 12.0 Å². The summed E-state index contributed by atoms with van der Waals surface area (Å²) in [6, 6.07) is 13.0. The Morgan fingerprint density at radius 1 is 1.10 bits per heavy atom.